The zero-order valence-corrected chi connectivity index (χ0v) is 17.8. The third-order valence-corrected chi connectivity index (χ3v) is 7.43. The van der Waals surface area contributed by atoms with Crippen LogP contribution in [0.4, 0.5) is 0 Å². The van der Waals surface area contributed by atoms with E-state index >= 15 is 0 Å². The number of benzene rings is 2. The SMILES string of the molecule is CS(O)(NC1CCN(Cc2ccc(-c3ccncc3)cc2)C1)c1cccc(C#N)c1. The quantitative estimate of drug-likeness (QED) is 0.609. The maximum absolute atomic E-state index is 11.0. The lowest BCUT2D eigenvalue weighted by atomic mass is 10.1. The molecule has 2 unspecified atom stereocenters. The van der Waals surface area contributed by atoms with Crippen molar-refractivity contribution in [3.05, 3.63) is 84.2 Å². The highest BCUT2D eigenvalue weighted by Crippen LogP contribution is 2.45. The fourth-order valence-corrected chi connectivity index (χ4v) is 5.56. The maximum Gasteiger partial charge on any atom is 0.0992 e. The number of rotatable bonds is 6. The highest BCUT2D eigenvalue weighted by atomic mass is 32.3. The molecule has 154 valence electrons. The zero-order valence-electron chi connectivity index (χ0n) is 17.0. The van der Waals surface area contributed by atoms with Crippen molar-refractivity contribution in [2.75, 3.05) is 19.3 Å². The number of nitrogens with zero attached hydrogens (tertiary/aromatic N) is 3. The van der Waals surface area contributed by atoms with Gasteiger partial charge in [0.1, 0.15) is 0 Å². The second-order valence-corrected chi connectivity index (χ2v) is 10.2. The zero-order chi connectivity index (χ0) is 21.0. The van der Waals surface area contributed by atoms with Crippen LogP contribution in [-0.2, 0) is 6.54 Å². The molecule has 30 heavy (non-hydrogen) atoms. The number of pyridine rings is 1. The molecule has 0 spiro atoms. The monoisotopic (exact) mass is 418 g/mol. The molecule has 3 aromatic rings. The molecule has 0 radical (unpaired) electrons. The maximum atomic E-state index is 11.0. The van der Waals surface area contributed by atoms with Gasteiger partial charge in [0.25, 0.3) is 0 Å². The standard InChI is InChI=1S/C24H26N4OS/c1-30(29,24-4-2-3-20(15-24)16-25)27-23-11-14-28(18-23)17-19-5-7-21(8-6-19)22-9-12-26-13-10-22/h2-10,12-13,15,23,27,29H,11,14,17-18H2,1H3. The third-order valence-electron chi connectivity index (χ3n) is 5.46. The predicted octanol–water partition coefficient (Wildman–Crippen LogP) is 4.67. The molecule has 0 bridgehead atoms. The Morgan fingerprint density at radius 3 is 2.60 bits per heavy atom. The van der Waals surface area contributed by atoms with E-state index in [9.17, 15) is 4.55 Å². The van der Waals surface area contributed by atoms with E-state index in [1.165, 1.54) is 16.7 Å². The predicted molar refractivity (Wildman–Crippen MR) is 122 cm³/mol. The number of likely N-dealkylation sites (tertiary alicyclic amines) is 1. The molecule has 5 nitrogen and oxygen atoms in total. The third kappa shape index (κ3) is 4.89. The molecule has 0 amide bonds. The summed E-state index contributed by atoms with van der Waals surface area (Å²) < 4.78 is 14.5. The van der Waals surface area contributed by atoms with Crippen molar-refractivity contribution < 1.29 is 4.55 Å². The van der Waals surface area contributed by atoms with Gasteiger partial charge in [0.2, 0.25) is 0 Å². The Kier molecular flexibility index (Phi) is 6.16. The first-order valence-electron chi connectivity index (χ1n) is 10.0. The summed E-state index contributed by atoms with van der Waals surface area (Å²) in [5.41, 5.74) is 4.23. The van der Waals surface area contributed by atoms with E-state index in [0.29, 0.717) is 5.56 Å². The minimum atomic E-state index is -2.14. The van der Waals surface area contributed by atoms with Crippen LogP contribution in [-0.4, -0.2) is 39.8 Å². The average Bonchev–Trinajstić information content (AvgIpc) is 3.21. The van der Waals surface area contributed by atoms with E-state index in [2.05, 4.69) is 44.9 Å². The van der Waals surface area contributed by atoms with Gasteiger partial charge in [0, 0.05) is 49.2 Å². The van der Waals surface area contributed by atoms with Gasteiger partial charge < -0.3 is 4.55 Å². The van der Waals surface area contributed by atoms with Crippen molar-refractivity contribution in [2.45, 2.75) is 23.9 Å². The van der Waals surface area contributed by atoms with E-state index in [1.54, 1.807) is 12.1 Å². The van der Waals surface area contributed by atoms with Crippen LogP contribution in [0.2, 0.25) is 0 Å². The Hall–Kier alpha value is -2.69. The van der Waals surface area contributed by atoms with Gasteiger partial charge in [-0.1, -0.05) is 40.8 Å². The van der Waals surface area contributed by atoms with Gasteiger partial charge in [-0.3, -0.25) is 14.6 Å². The van der Waals surface area contributed by atoms with Crippen molar-refractivity contribution in [1.82, 2.24) is 14.6 Å². The van der Waals surface area contributed by atoms with Crippen LogP contribution in [0.25, 0.3) is 11.1 Å². The van der Waals surface area contributed by atoms with E-state index in [1.807, 2.05) is 42.9 Å². The molecule has 0 saturated carbocycles. The van der Waals surface area contributed by atoms with Gasteiger partial charge >= 0.3 is 0 Å². The molecule has 1 aliphatic heterocycles. The molecule has 2 atom stereocenters. The smallest absolute Gasteiger partial charge is 0.0992 e. The van der Waals surface area contributed by atoms with Crippen LogP contribution < -0.4 is 4.72 Å². The molecule has 6 heteroatoms. The van der Waals surface area contributed by atoms with Crippen molar-refractivity contribution in [2.24, 2.45) is 0 Å². The van der Waals surface area contributed by atoms with Gasteiger partial charge in [-0.2, -0.15) is 5.26 Å². The average molecular weight is 419 g/mol. The molecule has 2 heterocycles. The minimum Gasteiger partial charge on any atom is -0.334 e. The van der Waals surface area contributed by atoms with Crippen molar-refractivity contribution >= 4 is 10.5 Å². The molecule has 1 aliphatic rings. The molecule has 1 saturated heterocycles. The number of nitriles is 1. The summed E-state index contributed by atoms with van der Waals surface area (Å²) in [6, 6.07) is 22.4. The first-order valence-corrected chi connectivity index (χ1v) is 12.0. The summed E-state index contributed by atoms with van der Waals surface area (Å²) in [5.74, 6) is 0. The summed E-state index contributed by atoms with van der Waals surface area (Å²) >= 11 is 0. The number of nitrogens with one attached hydrogen (secondary N) is 1. The van der Waals surface area contributed by atoms with Gasteiger partial charge in [-0.15, -0.1) is 0 Å². The van der Waals surface area contributed by atoms with Crippen LogP contribution >= 0.6 is 10.5 Å². The molecule has 1 aromatic heterocycles. The first-order chi connectivity index (χ1) is 14.5. The van der Waals surface area contributed by atoms with E-state index in [4.69, 9.17) is 5.26 Å². The minimum absolute atomic E-state index is 0.233. The molecule has 1 fully saturated rings. The normalized spacial score (nSPS) is 19.7. The fraction of sp³-hybridized carbons (Fsp3) is 0.250. The van der Waals surface area contributed by atoms with Crippen LogP contribution in [0, 0.1) is 11.3 Å². The topological polar surface area (TPSA) is 72.2 Å². The molecule has 4 rings (SSSR count). The first kappa shape index (κ1) is 20.6. The Morgan fingerprint density at radius 2 is 1.87 bits per heavy atom. The largest absolute Gasteiger partial charge is 0.334 e. The number of aromatic nitrogens is 1. The lowest BCUT2D eigenvalue weighted by Crippen LogP contribution is -2.34. The summed E-state index contributed by atoms with van der Waals surface area (Å²) in [6.07, 6.45) is 6.46. The van der Waals surface area contributed by atoms with Gasteiger partial charge in [0.15, 0.2) is 0 Å². The second-order valence-electron chi connectivity index (χ2n) is 7.79. The van der Waals surface area contributed by atoms with Crippen LogP contribution in [0.3, 0.4) is 0 Å². The van der Waals surface area contributed by atoms with Crippen LogP contribution in [0.15, 0.2) is 78.0 Å². The molecular formula is C24H26N4OS. The Bertz CT molecular complexity index is 1030. The van der Waals surface area contributed by atoms with Crippen LogP contribution in [0.1, 0.15) is 17.5 Å². The summed E-state index contributed by atoms with van der Waals surface area (Å²) in [7, 11) is -2.14. The van der Waals surface area contributed by atoms with E-state index < -0.39 is 10.5 Å². The van der Waals surface area contributed by atoms with Gasteiger partial charge in [-0.25, -0.2) is 0 Å². The van der Waals surface area contributed by atoms with E-state index in [0.717, 1.165) is 31.0 Å². The second kappa shape index (κ2) is 8.99. The molecule has 2 N–H and O–H groups in total. The highest BCUT2D eigenvalue weighted by molar-refractivity contribution is 8.27. The Morgan fingerprint density at radius 1 is 1.13 bits per heavy atom. The van der Waals surface area contributed by atoms with Gasteiger partial charge in [0.05, 0.1) is 11.6 Å². The summed E-state index contributed by atoms with van der Waals surface area (Å²) in [5, 5.41) is 9.12. The van der Waals surface area contributed by atoms with E-state index in [-0.39, 0.29) is 6.04 Å². The lowest BCUT2D eigenvalue weighted by Gasteiger charge is -2.34. The molecular weight excluding hydrogens is 392 g/mol. The molecule has 2 aromatic carbocycles. The van der Waals surface area contributed by atoms with Crippen molar-refractivity contribution in [3.8, 4) is 17.2 Å². The highest BCUT2D eigenvalue weighted by Gasteiger charge is 2.28. The Labute approximate surface area is 179 Å². The fourth-order valence-electron chi connectivity index (χ4n) is 3.88. The van der Waals surface area contributed by atoms with Gasteiger partial charge in [-0.05, 0) is 53.4 Å². The number of hydrogen-bond acceptors (Lipinski definition) is 5. The van der Waals surface area contributed by atoms with Crippen molar-refractivity contribution in [3.63, 3.8) is 0 Å². The lowest BCUT2D eigenvalue weighted by molar-refractivity contribution is 0.324. The summed E-state index contributed by atoms with van der Waals surface area (Å²) in [4.78, 5) is 7.29. The summed E-state index contributed by atoms with van der Waals surface area (Å²) in [6.45, 7) is 2.79. The Balaban J connectivity index is 1.35. The molecule has 0 aliphatic carbocycles. The van der Waals surface area contributed by atoms with Crippen LogP contribution in [0.5, 0.6) is 0 Å². The number of hydrogen-bond donors (Lipinski definition) is 2. The van der Waals surface area contributed by atoms with Crippen molar-refractivity contribution in [1.29, 1.82) is 5.26 Å².